The second kappa shape index (κ2) is 9.04. The standard InChI is InChI=1S/C22H34BrN3O2/c1-17-15-25(12-13-26(17)21(27)28-22(2,3)4)20-9-8-19(23)14-18(20)16-24-10-6-5-7-11-24/h8-9,14,17H,5-7,10-13,15-16H2,1-4H3. The monoisotopic (exact) mass is 451 g/mol. The lowest BCUT2D eigenvalue weighted by atomic mass is 10.1. The Morgan fingerprint density at radius 2 is 1.86 bits per heavy atom. The first-order chi connectivity index (χ1) is 13.2. The summed E-state index contributed by atoms with van der Waals surface area (Å²) in [6.45, 7) is 13.6. The van der Waals surface area contributed by atoms with Gasteiger partial charge in [0.1, 0.15) is 5.60 Å². The van der Waals surface area contributed by atoms with E-state index in [0.29, 0.717) is 6.54 Å². The number of piperidine rings is 1. The summed E-state index contributed by atoms with van der Waals surface area (Å²) in [4.78, 5) is 19.4. The van der Waals surface area contributed by atoms with Crippen molar-refractivity contribution in [3.05, 3.63) is 28.2 Å². The van der Waals surface area contributed by atoms with Gasteiger partial charge in [-0.15, -0.1) is 0 Å². The van der Waals surface area contributed by atoms with Crippen LogP contribution in [0.2, 0.25) is 0 Å². The van der Waals surface area contributed by atoms with E-state index in [1.807, 2.05) is 25.7 Å². The molecule has 156 valence electrons. The van der Waals surface area contributed by atoms with Gasteiger partial charge in [-0.05, 0) is 77.4 Å². The summed E-state index contributed by atoms with van der Waals surface area (Å²) in [6.07, 6.45) is 3.75. The van der Waals surface area contributed by atoms with Crippen LogP contribution in [0.4, 0.5) is 10.5 Å². The summed E-state index contributed by atoms with van der Waals surface area (Å²) in [5.41, 5.74) is 2.21. The molecule has 6 heteroatoms. The molecule has 0 aliphatic carbocycles. The number of carbonyl (C=O) groups is 1. The van der Waals surface area contributed by atoms with Crippen LogP contribution in [0.5, 0.6) is 0 Å². The van der Waals surface area contributed by atoms with Crippen molar-refractivity contribution in [2.24, 2.45) is 0 Å². The lowest BCUT2D eigenvalue weighted by molar-refractivity contribution is 0.0159. The third-order valence-corrected chi connectivity index (χ3v) is 5.97. The molecule has 1 aromatic rings. The van der Waals surface area contributed by atoms with Crippen LogP contribution in [0.3, 0.4) is 0 Å². The molecule has 1 unspecified atom stereocenters. The molecular weight excluding hydrogens is 418 g/mol. The van der Waals surface area contributed by atoms with Crippen molar-refractivity contribution in [2.45, 2.75) is 65.1 Å². The van der Waals surface area contributed by atoms with Crippen LogP contribution < -0.4 is 4.90 Å². The SMILES string of the molecule is CC1CN(c2ccc(Br)cc2CN2CCCCC2)CCN1C(=O)OC(C)(C)C. The molecule has 0 saturated carbocycles. The third-order valence-electron chi connectivity index (χ3n) is 5.48. The van der Waals surface area contributed by atoms with Gasteiger partial charge in [0.2, 0.25) is 0 Å². The molecule has 5 nitrogen and oxygen atoms in total. The van der Waals surface area contributed by atoms with Gasteiger partial charge < -0.3 is 14.5 Å². The molecule has 0 bridgehead atoms. The molecule has 0 radical (unpaired) electrons. The summed E-state index contributed by atoms with van der Waals surface area (Å²) in [5.74, 6) is 0. The highest BCUT2D eigenvalue weighted by Crippen LogP contribution is 2.29. The number of hydrogen-bond donors (Lipinski definition) is 0. The Morgan fingerprint density at radius 3 is 2.50 bits per heavy atom. The van der Waals surface area contributed by atoms with Crippen LogP contribution in [-0.4, -0.2) is 60.3 Å². The maximum absolute atomic E-state index is 12.5. The highest BCUT2D eigenvalue weighted by molar-refractivity contribution is 9.10. The van der Waals surface area contributed by atoms with Gasteiger partial charge in [-0.2, -0.15) is 0 Å². The average molecular weight is 452 g/mol. The van der Waals surface area contributed by atoms with Crippen LogP contribution >= 0.6 is 15.9 Å². The van der Waals surface area contributed by atoms with Crippen LogP contribution in [0.1, 0.15) is 52.5 Å². The highest BCUT2D eigenvalue weighted by Gasteiger charge is 2.31. The predicted molar refractivity (Wildman–Crippen MR) is 118 cm³/mol. The molecule has 1 amide bonds. The van der Waals surface area contributed by atoms with Gasteiger partial charge in [0.05, 0.1) is 0 Å². The zero-order chi connectivity index (χ0) is 20.3. The smallest absolute Gasteiger partial charge is 0.410 e. The van der Waals surface area contributed by atoms with Gasteiger partial charge in [-0.3, -0.25) is 4.90 Å². The Labute approximate surface area is 178 Å². The second-order valence-corrected chi connectivity index (χ2v) is 9.99. The number of nitrogens with zero attached hydrogens (tertiary/aromatic N) is 3. The summed E-state index contributed by atoms with van der Waals surface area (Å²) in [6, 6.07) is 6.73. The number of anilines is 1. The van der Waals surface area contributed by atoms with Gasteiger partial charge in [-0.1, -0.05) is 22.4 Å². The van der Waals surface area contributed by atoms with Crippen LogP contribution in [0, 0.1) is 0 Å². The van der Waals surface area contributed by atoms with Crippen molar-refractivity contribution in [1.82, 2.24) is 9.80 Å². The molecule has 0 aromatic heterocycles. The predicted octanol–water partition coefficient (Wildman–Crippen LogP) is 4.88. The van der Waals surface area contributed by atoms with E-state index in [1.165, 1.54) is 43.6 Å². The number of halogens is 1. The first kappa shape index (κ1) is 21.4. The molecule has 3 rings (SSSR count). The van der Waals surface area contributed by atoms with E-state index in [9.17, 15) is 4.79 Å². The number of hydrogen-bond acceptors (Lipinski definition) is 4. The molecule has 28 heavy (non-hydrogen) atoms. The lowest BCUT2D eigenvalue weighted by Gasteiger charge is -2.42. The van der Waals surface area contributed by atoms with Gasteiger partial charge in [-0.25, -0.2) is 4.79 Å². The Balaban J connectivity index is 1.70. The minimum atomic E-state index is -0.457. The van der Waals surface area contributed by atoms with Crippen LogP contribution in [0.15, 0.2) is 22.7 Å². The minimum Gasteiger partial charge on any atom is -0.444 e. The van der Waals surface area contributed by atoms with Gasteiger partial charge >= 0.3 is 6.09 Å². The fourth-order valence-corrected chi connectivity index (χ4v) is 4.52. The second-order valence-electron chi connectivity index (χ2n) is 9.08. The summed E-state index contributed by atoms with van der Waals surface area (Å²) in [5, 5.41) is 0. The first-order valence-corrected chi connectivity index (χ1v) is 11.3. The Kier molecular flexibility index (Phi) is 6.92. The van der Waals surface area contributed by atoms with Gasteiger partial charge in [0.25, 0.3) is 0 Å². The Hall–Kier alpha value is -1.27. The summed E-state index contributed by atoms with van der Waals surface area (Å²) < 4.78 is 6.71. The van der Waals surface area contributed by atoms with Crippen molar-refractivity contribution in [3.8, 4) is 0 Å². The normalized spacial score (nSPS) is 21.7. The molecule has 2 fully saturated rings. The Morgan fingerprint density at radius 1 is 1.14 bits per heavy atom. The first-order valence-electron chi connectivity index (χ1n) is 10.5. The fraction of sp³-hybridized carbons (Fsp3) is 0.682. The van der Waals surface area contributed by atoms with E-state index in [-0.39, 0.29) is 12.1 Å². The molecule has 2 aliphatic heterocycles. The maximum Gasteiger partial charge on any atom is 0.410 e. The number of benzene rings is 1. The van der Waals surface area contributed by atoms with Gasteiger partial charge in [0, 0.05) is 42.4 Å². The van der Waals surface area contributed by atoms with E-state index < -0.39 is 5.60 Å². The molecule has 1 aromatic carbocycles. The fourth-order valence-electron chi connectivity index (χ4n) is 4.12. The molecule has 2 heterocycles. The number of rotatable bonds is 3. The number of carbonyl (C=O) groups excluding carboxylic acids is 1. The van der Waals surface area contributed by atoms with Crippen molar-refractivity contribution in [2.75, 3.05) is 37.6 Å². The molecule has 1 atom stereocenters. The zero-order valence-corrected chi connectivity index (χ0v) is 19.3. The third kappa shape index (κ3) is 5.63. The van der Waals surface area contributed by atoms with Gasteiger partial charge in [0.15, 0.2) is 0 Å². The number of piperazine rings is 1. The summed E-state index contributed by atoms with van der Waals surface area (Å²) in [7, 11) is 0. The zero-order valence-electron chi connectivity index (χ0n) is 17.7. The van der Waals surface area contributed by atoms with E-state index >= 15 is 0 Å². The van der Waals surface area contributed by atoms with Crippen molar-refractivity contribution >= 4 is 27.7 Å². The molecule has 2 aliphatic rings. The van der Waals surface area contributed by atoms with Crippen LogP contribution in [0.25, 0.3) is 0 Å². The average Bonchev–Trinajstić information content (AvgIpc) is 2.61. The quantitative estimate of drug-likeness (QED) is 0.655. The topological polar surface area (TPSA) is 36.0 Å². The highest BCUT2D eigenvalue weighted by atomic mass is 79.9. The maximum atomic E-state index is 12.5. The largest absolute Gasteiger partial charge is 0.444 e. The Bertz CT molecular complexity index is 683. The van der Waals surface area contributed by atoms with Crippen molar-refractivity contribution in [1.29, 1.82) is 0 Å². The van der Waals surface area contributed by atoms with E-state index in [2.05, 4.69) is 50.9 Å². The molecule has 0 N–H and O–H groups in total. The minimum absolute atomic E-state index is 0.120. The number of likely N-dealkylation sites (tertiary alicyclic amines) is 1. The molecular formula is C22H34BrN3O2. The van der Waals surface area contributed by atoms with E-state index in [4.69, 9.17) is 4.74 Å². The molecule has 0 spiro atoms. The van der Waals surface area contributed by atoms with Crippen molar-refractivity contribution in [3.63, 3.8) is 0 Å². The van der Waals surface area contributed by atoms with E-state index in [0.717, 1.165) is 24.1 Å². The summed E-state index contributed by atoms with van der Waals surface area (Å²) >= 11 is 3.65. The van der Waals surface area contributed by atoms with E-state index in [1.54, 1.807) is 0 Å². The molecule has 2 saturated heterocycles. The number of ether oxygens (including phenoxy) is 1. The lowest BCUT2D eigenvalue weighted by Crippen LogP contribution is -2.55. The van der Waals surface area contributed by atoms with Crippen LogP contribution in [-0.2, 0) is 11.3 Å². The number of amides is 1. The van der Waals surface area contributed by atoms with Crippen molar-refractivity contribution < 1.29 is 9.53 Å².